The van der Waals surface area contributed by atoms with E-state index >= 15 is 0 Å². The van der Waals surface area contributed by atoms with Gasteiger partial charge in [-0.3, -0.25) is 9.11 Å². The van der Waals surface area contributed by atoms with Crippen LogP contribution in [0.15, 0.2) is 45.7 Å². The van der Waals surface area contributed by atoms with Gasteiger partial charge >= 0.3 is 0 Å². The second-order valence-corrected chi connectivity index (χ2v) is 6.96. The Hall–Kier alpha value is -1.27. The van der Waals surface area contributed by atoms with Crippen molar-refractivity contribution in [1.82, 2.24) is 4.72 Å². The molecule has 0 aliphatic carbocycles. The van der Waals surface area contributed by atoms with Crippen LogP contribution in [0.5, 0.6) is 0 Å². The van der Waals surface area contributed by atoms with Crippen LogP contribution in [0.2, 0.25) is 0 Å². The van der Waals surface area contributed by atoms with Crippen molar-refractivity contribution < 1.29 is 13.5 Å². The van der Waals surface area contributed by atoms with Crippen molar-refractivity contribution >= 4 is 10.8 Å². The molecule has 0 bridgehead atoms. The highest BCUT2D eigenvalue weighted by atomic mass is 32.3. The van der Waals surface area contributed by atoms with Crippen LogP contribution in [0.25, 0.3) is 0 Å². The van der Waals surface area contributed by atoms with Crippen LogP contribution in [-0.4, -0.2) is 9.11 Å². The molecule has 5 heteroatoms. The predicted molar refractivity (Wildman–Crippen MR) is 81.9 cm³/mol. The Balaban J connectivity index is 2.05. The summed E-state index contributed by atoms with van der Waals surface area (Å²) in [6.07, 6.45) is 0. The number of hydrogen-bond donors (Lipinski definition) is 3. The van der Waals surface area contributed by atoms with Gasteiger partial charge in [0.1, 0.15) is 11.5 Å². The predicted octanol–water partition coefficient (Wildman–Crippen LogP) is 4.53. The summed E-state index contributed by atoms with van der Waals surface area (Å²) in [7, 11) is -3.00. The molecule has 3 N–H and O–H groups in total. The Labute approximate surface area is 121 Å². The Morgan fingerprint density at radius 2 is 1.75 bits per heavy atom. The lowest BCUT2D eigenvalue weighted by atomic mass is 10.0. The summed E-state index contributed by atoms with van der Waals surface area (Å²) in [6, 6.07) is 11.0. The second kappa shape index (κ2) is 6.01. The van der Waals surface area contributed by atoms with Gasteiger partial charge in [0.05, 0.1) is 11.4 Å². The molecule has 1 aromatic carbocycles. The highest BCUT2D eigenvalue weighted by Crippen LogP contribution is 2.44. The van der Waals surface area contributed by atoms with Gasteiger partial charge in [-0.05, 0) is 42.7 Å². The third kappa shape index (κ3) is 3.64. The van der Waals surface area contributed by atoms with Crippen molar-refractivity contribution in [2.45, 2.75) is 38.1 Å². The number of benzene rings is 1. The van der Waals surface area contributed by atoms with Gasteiger partial charge < -0.3 is 4.42 Å². The zero-order chi connectivity index (χ0) is 14.8. The van der Waals surface area contributed by atoms with E-state index in [2.05, 4.69) is 18.6 Å². The fourth-order valence-electron chi connectivity index (χ4n) is 1.88. The van der Waals surface area contributed by atoms with Gasteiger partial charge in [-0.25, -0.2) is 4.72 Å². The van der Waals surface area contributed by atoms with E-state index in [1.165, 1.54) is 5.56 Å². The lowest BCUT2D eigenvalue weighted by molar-refractivity contribution is 0.445. The Morgan fingerprint density at radius 3 is 2.25 bits per heavy atom. The summed E-state index contributed by atoms with van der Waals surface area (Å²) < 4.78 is 28.5. The van der Waals surface area contributed by atoms with Crippen LogP contribution >= 0.6 is 10.8 Å². The van der Waals surface area contributed by atoms with Gasteiger partial charge in [-0.15, -0.1) is 10.8 Å². The van der Waals surface area contributed by atoms with Crippen molar-refractivity contribution in [3.63, 3.8) is 0 Å². The standard InChI is InChI=1S/C15H21NO3S/c1-11(2)13-5-8-15(9-6-13)20(17,18)16-10-14-7-4-12(3)19-14/h4-9,11,16-18H,10H2,1-3H3. The molecule has 0 atom stereocenters. The highest BCUT2D eigenvalue weighted by Gasteiger charge is 2.16. The van der Waals surface area contributed by atoms with E-state index in [0.29, 0.717) is 16.6 Å². The minimum absolute atomic E-state index is 0.280. The van der Waals surface area contributed by atoms with Gasteiger partial charge in [-0.2, -0.15) is 0 Å². The van der Waals surface area contributed by atoms with E-state index in [1.54, 1.807) is 12.1 Å². The van der Waals surface area contributed by atoms with Gasteiger partial charge in [-0.1, -0.05) is 26.0 Å². The molecule has 20 heavy (non-hydrogen) atoms. The summed E-state index contributed by atoms with van der Waals surface area (Å²) in [5, 5.41) is 0. The van der Waals surface area contributed by atoms with Gasteiger partial charge in [0.2, 0.25) is 0 Å². The maximum absolute atomic E-state index is 10.2. The summed E-state index contributed by atoms with van der Waals surface area (Å²) in [5.41, 5.74) is 1.17. The fraction of sp³-hybridized carbons (Fsp3) is 0.333. The summed E-state index contributed by atoms with van der Waals surface area (Å²) in [5.74, 6) is 1.91. The van der Waals surface area contributed by atoms with Crippen molar-refractivity contribution in [1.29, 1.82) is 0 Å². The highest BCUT2D eigenvalue weighted by molar-refractivity contribution is 8.22. The van der Waals surface area contributed by atoms with Crippen LogP contribution in [0, 0.1) is 6.92 Å². The molecule has 2 aromatic rings. The number of furan rings is 1. The molecule has 0 unspecified atom stereocenters. The number of rotatable bonds is 5. The molecular formula is C15H21NO3S. The summed E-state index contributed by atoms with van der Waals surface area (Å²) >= 11 is 0. The largest absolute Gasteiger partial charge is 0.465 e. The fourth-order valence-corrected chi connectivity index (χ4v) is 2.90. The third-order valence-corrected chi connectivity index (χ3v) is 4.60. The Kier molecular flexibility index (Phi) is 4.55. The van der Waals surface area contributed by atoms with Crippen LogP contribution in [-0.2, 0) is 6.54 Å². The quantitative estimate of drug-likeness (QED) is 0.758. The molecule has 0 amide bonds. The van der Waals surface area contributed by atoms with Crippen molar-refractivity contribution in [3.05, 3.63) is 53.5 Å². The minimum Gasteiger partial charge on any atom is -0.465 e. The monoisotopic (exact) mass is 295 g/mol. The molecular weight excluding hydrogens is 274 g/mol. The van der Waals surface area contributed by atoms with E-state index in [4.69, 9.17) is 4.42 Å². The van der Waals surface area contributed by atoms with Crippen LogP contribution < -0.4 is 4.72 Å². The number of hydrogen-bond acceptors (Lipinski definition) is 4. The minimum atomic E-state index is -3.00. The summed E-state index contributed by atoms with van der Waals surface area (Å²) in [4.78, 5) is 0.491. The molecule has 0 aliphatic rings. The van der Waals surface area contributed by atoms with Gasteiger partial charge in [0, 0.05) is 0 Å². The van der Waals surface area contributed by atoms with E-state index in [-0.39, 0.29) is 6.54 Å². The molecule has 2 rings (SSSR count). The first-order chi connectivity index (χ1) is 9.38. The van der Waals surface area contributed by atoms with Crippen molar-refractivity contribution in [3.8, 4) is 0 Å². The summed E-state index contributed by atoms with van der Waals surface area (Å²) in [6.45, 7) is 6.34. The van der Waals surface area contributed by atoms with Crippen molar-refractivity contribution in [2.75, 3.05) is 0 Å². The maximum Gasteiger partial charge on any atom is 0.119 e. The third-order valence-electron chi connectivity index (χ3n) is 3.12. The number of aryl methyl sites for hydroxylation is 1. The average Bonchev–Trinajstić information content (AvgIpc) is 2.82. The first-order valence-electron chi connectivity index (χ1n) is 6.56. The molecule has 110 valence electrons. The van der Waals surface area contributed by atoms with Gasteiger partial charge in [0.25, 0.3) is 0 Å². The molecule has 0 saturated carbocycles. The maximum atomic E-state index is 10.2. The molecule has 4 nitrogen and oxygen atoms in total. The smallest absolute Gasteiger partial charge is 0.119 e. The van der Waals surface area contributed by atoms with Crippen LogP contribution in [0.4, 0.5) is 0 Å². The molecule has 0 radical (unpaired) electrons. The Bertz CT molecular complexity index is 561. The molecule has 0 aliphatic heterocycles. The Morgan fingerprint density at radius 1 is 1.10 bits per heavy atom. The zero-order valence-corrected chi connectivity index (χ0v) is 12.8. The zero-order valence-electron chi connectivity index (χ0n) is 12.0. The SMILES string of the molecule is Cc1ccc(CNS(O)(O)c2ccc(C(C)C)cc2)o1. The van der Waals surface area contributed by atoms with Crippen molar-refractivity contribution in [2.24, 2.45) is 0 Å². The van der Waals surface area contributed by atoms with E-state index in [1.807, 2.05) is 31.2 Å². The molecule has 0 fully saturated rings. The molecule has 0 saturated heterocycles. The van der Waals surface area contributed by atoms with E-state index < -0.39 is 10.8 Å². The van der Waals surface area contributed by atoms with Crippen LogP contribution in [0.3, 0.4) is 0 Å². The molecule has 0 spiro atoms. The van der Waals surface area contributed by atoms with E-state index in [9.17, 15) is 9.11 Å². The number of nitrogens with one attached hydrogen (secondary N) is 1. The van der Waals surface area contributed by atoms with E-state index in [0.717, 1.165) is 5.76 Å². The topological polar surface area (TPSA) is 65.6 Å². The first kappa shape index (κ1) is 15.1. The van der Waals surface area contributed by atoms with Gasteiger partial charge in [0.15, 0.2) is 0 Å². The second-order valence-electron chi connectivity index (χ2n) is 5.11. The lowest BCUT2D eigenvalue weighted by Gasteiger charge is -2.32. The lowest BCUT2D eigenvalue weighted by Crippen LogP contribution is -2.19. The average molecular weight is 295 g/mol. The van der Waals surface area contributed by atoms with Crippen LogP contribution in [0.1, 0.15) is 36.8 Å². The molecule has 1 heterocycles. The molecule has 1 aromatic heterocycles. The first-order valence-corrected chi connectivity index (χ1v) is 8.11. The normalized spacial score (nSPS) is 12.9.